The van der Waals surface area contributed by atoms with Gasteiger partial charge in [0.15, 0.2) is 12.4 Å². The van der Waals surface area contributed by atoms with Crippen molar-refractivity contribution in [2.24, 2.45) is 0 Å². The zero-order valence-corrected chi connectivity index (χ0v) is 16.7. The van der Waals surface area contributed by atoms with Gasteiger partial charge < -0.3 is 14.8 Å². The van der Waals surface area contributed by atoms with Crippen molar-refractivity contribution in [2.45, 2.75) is 25.7 Å². The molecule has 3 aromatic rings. The van der Waals surface area contributed by atoms with Gasteiger partial charge in [-0.05, 0) is 73.2 Å². The van der Waals surface area contributed by atoms with Crippen molar-refractivity contribution < 1.29 is 14.3 Å². The molecular weight excluding hydrogens is 386 g/mol. The third-order valence-electron chi connectivity index (χ3n) is 4.90. The fourth-order valence-electron chi connectivity index (χ4n) is 3.52. The van der Waals surface area contributed by atoms with E-state index in [2.05, 4.69) is 11.4 Å². The van der Waals surface area contributed by atoms with Crippen LogP contribution >= 0.6 is 11.6 Å². The minimum atomic E-state index is -0.265. The lowest BCUT2D eigenvalue weighted by atomic mass is 9.91. The van der Waals surface area contributed by atoms with Gasteiger partial charge in [-0.25, -0.2) is 0 Å². The smallest absolute Gasteiger partial charge is 0.262 e. The lowest BCUT2D eigenvalue weighted by Crippen LogP contribution is -2.21. The molecule has 0 saturated heterocycles. The van der Waals surface area contributed by atoms with E-state index in [4.69, 9.17) is 21.1 Å². The van der Waals surface area contributed by atoms with E-state index < -0.39 is 0 Å². The summed E-state index contributed by atoms with van der Waals surface area (Å²) < 4.78 is 11.7. The molecule has 0 aromatic heterocycles. The van der Waals surface area contributed by atoms with Crippen LogP contribution in [0, 0.1) is 0 Å². The number of carbonyl (C=O) groups is 1. The predicted molar refractivity (Wildman–Crippen MR) is 115 cm³/mol. The summed E-state index contributed by atoms with van der Waals surface area (Å²) in [5.41, 5.74) is 3.05. The third-order valence-corrected chi connectivity index (χ3v) is 5.13. The molecule has 0 fully saturated rings. The normalized spacial score (nSPS) is 12.7. The van der Waals surface area contributed by atoms with Crippen molar-refractivity contribution in [3.8, 4) is 17.2 Å². The Bertz CT molecular complexity index is 1000. The maximum Gasteiger partial charge on any atom is 0.262 e. The van der Waals surface area contributed by atoms with Crippen LogP contribution in [0.15, 0.2) is 66.7 Å². The zero-order valence-electron chi connectivity index (χ0n) is 16.0. The van der Waals surface area contributed by atoms with Gasteiger partial charge in [-0.2, -0.15) is 0 Å². The molecule has 4 rings (SSSR count). The Hall–Kier alpha value is -2.98. The largest absolute Gasteiger partial charge is 0.483 e. The second-order valence-corrected chi connectivity index (χ2v) is 7.43. The quantitative estimate of drug-likeness (QED) is 0.542. The Morgan fingerprint density at radius 2 is 1.76 bits per heavy atom. The lowest BCUT2D eigenvalue weighted by molar-refractivity contribution is -0.118. The maximum absolute atomic E-state index is 12.5. The summed E-state index contributed by atoms with van der Waals surface area (Å²) >= 11 is 6.12. The van der Waals surface area contributed by atoms with Crippen LogP contribution in [0.25, 0.3) is 0 Å². The zero-order chi connectivity index (χ0) is 20.1. The van der Waals surface area contributed by atoms with E-state index in [-0.39, 0.29) is 12.5 Å². The average molecular weight is 408 g/mol. The van der Waals surface area contributed by atoms with Gasteiger partial charge in [0, 0.05) is 5.02 Å². The Labute approximate surface area is 175 Å². The summed E-state index contributed by atoms with van der Waals surface area (Å²) in [7, 11) is 0. The number of benzene rings is 3. The number of amides is 1. The van der Waals surface area contributed by atoms with Crippen LogP contribution in [0.3, 0.4) is 0 Å². The third kappa shape index (κ3) is 4.90. The second-order valence-electron chi connectivity index (χ2n) is 6.99. The van der Waals surface area contributed by atoms with E-state index in [0.717, 1.165) is 25.0 Å². The van der Waals surface area contributed by atoms with Gasteiger partial charge in [0.2, 0.25) is 0 Å². The van der Waals surface area contributed by atoms with Crippen LogP contribution in [0.2, 0.25) is 5.02 Å². The van der Waals surface area contributed by atoms with Crippen LogP contribution in [-0.2, 0) is 17.6 Å². The molecule has 0 radical (unpaired) electrons. The Balaban J connectivity index is 1.44. The molecule has 0 atom stereocenters. The molecule has 1 amide bonds. The number of fused-ring (bicyclic) bond motifs is 1. The van der Waals surface area contributed by atoms with Gasteiger partial charge in [-0.15, -0.1) is 0 Å². The molecule has 29 heavy (non-hydrogen) atoms. The van der Waals surface area contributed by atoms with E-state index in [9.17, 15) is 4.79 Å². The molecule has 0 aliphatic heterocycles. The minimum absolute atomic E-state index is 0.0757. The Morgan fingerprint density at radius 3 is 2.62 bits per heavy atom. The number of nitrogens with one attached hydrogen (secondary N) is 1. The first-order chi connectivity index (χ1) is 14.2. The predicted octanol–water partition coefficient (Wildman–Crippen LogP) is 6.03. The maximum atomic E-state index is 12.5. The molecule has 148 valence electrons. The molecule has 0 unspecified atom stereocenters. The van der Waals surface area contributed by atoms with Gasteiger partial charge in [-0.1, -0.05) is 41.9 Å². The molecular formula is C24H22ClNO3. The highest BCUT2D eigenvalue weighted by molar-refractivity contribution is 6.31. The number of hydrogen-bond donors (Lipinski definition) is 1. The fourth-order valence-corrected chi connectivity index (χ4v) is 3.69. The molecule has 0 saturated carbocycles. The summed E-state index contributed by atoms with van der Waals surface area (Å²) in [4.78, 5) is 12.5. The van der Waals surface area contributed by atoms with E-state index in [1.807, 2.05) is 42.5 Å². The summed E-state index contributed by atoms with van der Waals surface area (Å²) in [5, 5.41) is 3.36. The fraction of sp³-hybridized carbons (Fsp3) is 0.208. The molecule has 0 bridgehead atoms. The number of halogens is 1. The molecule has 0 spiro atoms. The van der Waals surface area contributed by atoms with Gasteiger partial charge in [0.25, 0.3) is 5.91 Å². The summed E-state index contributed by atoms with van der Waals surface area (Å²) in [6.07, 6.45) is 4.43. The Morgan fingerprint density at radius 1 is 0.931 bits per heavy atom. The van der Waals surface area contributed by atoms with Crippen molar-refractivity contribution >= 4 is 23.2 Å². The standard InChI is InChI=1S/C24H22ClNO3/c25-18-13-14-23(29-19-9-2-1-3-10-19)21(15-18)26-24(27)16-28-22-12-6-8-17-7-4-5-11-20(17)22/h1-3,6,8-10,12-15H,4-5,7,11,16H2,(H,26,27). The lowest BCUT2D eigenvalue weighted by Gasteiger charge is -2.19. The van der Waals surface area contributed by atoms with E-state index in [0.29, 0.717) is 22.2 Å². The van der Waals surface area contributed by atoms with Crippen LogP contribution < -0.4 is 14.8 Å². The highest BCUT2D eigenvalue weighted by Gasteiger charge is 2.15. The van der Waals surface area contributed by atoms with E-state index in [1.54, 1.807) is 18.2 Å². The van der Waals surface area contributed by atoms with Crippen molar-refractivity contribution in [1.29, 1.82) is 0 Å². The number of hydrogen-bond acceptors (Lipinski definition) is 3. The van der Waals surface area contributed by atoms with Gasteiger partial charge in [-0.3, -0.25) is 4.79 Å². The van der Waals surface area contributed by atoms with E-state index in [1.165, 1.54) is 17.5 Å². The highest BCUT2D eigenvalue weighted by Crippen LogP contribution is 2.32. The number of ether oxygens (including phenoxy) is 2. The number of para-hydroxylation sites is 1. The van der Waals surface area contributed by atoms with Crippen molar-refractivity contribution in [3.05, 3.63) is 82.9 Å². The first-order valence-electron chi connectivity index (χ1n) is 9.75. The summed E-state index contributed by atoms with van der Waals surface area (Å²) in [5.74, 6) is 1.73. The van der Waals surface area contributed by atoms with Gasteiger partial charge >= 0.3 is 0 Å². The summed E-state index contributed by atoms with van der Waals surface area (Å²) in [6, 6.07) is 20.6. The average Bonchev–Trinajstić information content (AvgIpc) is 2.75. The SMILES string of the molecule is O=C(COc1cccc2c1CCCC2)Nc1cc(Cl)ccc1Oc1ccccc1. The Kier molecular flexibility index (Phi) is 6.01. The van der Waals surface area contributed by atoms with Crippen molar-refractivity contribution in [3.63, 3.8) is 0 Å². The van der Waals surface area contributed by atoms with Crippen LogP contribution in [0.4, 0.5) is 5.69 Å². The first-order valence-corrected chi connectivity index (χ1v) is 10.1. The van der Waals surface area contributed by atoms with Gasteiger partial charge in [0.1, 0.15) is 11.5 Å². The van der Waals surface area contributed by atoms with Crippen LogP contribution in [-0.4, -0.2) is 12.5 Å². The van der Waals surface area contributed by atoms with E-state index >= 15 is 0 Å². The van der Waals surface area contributed by atoms with Crippen molar-refractivity contribution in [2.75, 3.05) is 11.9 Å². The molecule has 1 N–H and O–H groups in total. The number of aryl methyl sites for hydroxylation is 1. The molecule has 1 aliphatic carbocycles. The minimum Gasteiger partial charge on any atom is -0.483 e. The topological polar surface area (TPSA) is 47.6 Å². The van der Waals surface area contributed by atoms with Gasteiger partial charge in [0.05, 0.1) is 5.69 Å². The summed E-state index contributed by atoms with van der Waals surface area (Å²) in [6.45, 7) is -0.0757. The molecule has 0 heterocycles. The molecule has 5 heteroatoms. The first kappa shape index (κ1) is 19.3. The highest BCUT2D eigenvalue weighted by atomic mass is 35.5. The molecule has 4 nitrogen and oxygen atoms in total. The van der Waals surface area contributed by atoms with Crippen LogP contribution in [0.5, 0.6) is 17.2 Å². The number of rotatable bonds is 6. The molecule has 1 aliphatic rings. The molecule has 3 aromatic carbocycles. The number of anilines is 1. The second kappa shape index (κ2) is 9.01. The van der Waals surface area contributed by atoms with Crippen molar-refractivity contribution in [1.82, 2.24) is 0 Å². The number of carbonyl (C=O) groups excluding carboxylic acids is 1. The van der Waals surface area contributed by atoms with Crippen LogP contribution in [0.1, 0.15) is 24.0 Å². The monoisotopic (exact) mass is 407 g/mol.